The number of nitrogens with zero attached hydrogens (tertiary/aromatic N) is 3. The number of ether oxygens (including phenoxy) is 1. The molecule has 0 fully saturated rings. The lowest BCUT2D eigenvalue weighted by molar-refractivity contribution is 0.186. The van der Waals surface area contributed by atoms with Crippen LogP contribution >= 0.6 is 35.9 Å². The van der Waals surface area contributed by atoms with Crippen molar-refractivity contribution in [2.24, 2.45) is 0 Å². The fourth-order valence-electron chi connectivity index (χ4n) is 5.09. The van der Waals surface area contributed by atoms with Crippen LogP contribution in [-0.2, 0) is 4.74 Å². The molecule has 10 heteroatoms. The van der Waals surface area contributed by atoms with Gasteiger partial charge in [-0.2, -0.15) is 0 Å². The minimum Gasteiger partial charge on any atom is -0.453 e. The predicted octanol–water partition coefficient (Wildman–Crippen LogP) is 9.33. The van der Waals surface area contributed by atoms with Gasteiger partial charge in [0.25, 0.3) is 0 Å². The van der Waals surface area contributed by atoms with Crippen LogP contribution < -0.4 is 10.2 Å². The summed E-state index contributed by atoms with van der Waals surface area (Å²) in [5.74, 6) is 0.374. The molecule has 0 radical (unpaired) electrons. The number of benzene rings is 4. The number of H-pyrrole nitrogens is 1. The highest BCUT2D eigenvalue weighted by molar-refractivity contribution is 7.99. The number of fused-ring (bicyclic) bond motifs is 3. The van der Waals surface area contributed by atoms with E-state index in [4.69, 9.17) is 0 Å². The quantitative estimate of drug-likeness (QED) is 0.174. The highest BCUT2D eigenvalue weighted by atomic mass is 35.5. The van der Waals surface area contributed by atoms with Gasteiger partial charge in [-0.15, -0.1) is 12.4 Å². The lowest BCUT2D eigenvalue weighted by Crippen LogP contribution is -2.41. The number of halogens is 1. The molecule has 230 valence electrons. The Balaban J connectivity index is 0.000000197. The Morgan fingerprint density at radius 2 is 1.55 bits per heavy atom. The summed E-state index contributed by atoms with van der Waals surface area (Å²) in [6, 6.07) is 34.1. The van der Waals surface area contributed by atoms with Crippen LogP contribution in [0.2, 0.25) is 0 Å². The second kappa shape index (κ2) is 15.9. The smallest absolute Gasteiger partial charge is 0.413 e. The third-order valence-electron chi connectivity index (χ3n) is 7.25. The van der Waals surface area contributed by atoms with Crippen LogP contribution in [0, 0.1) is 0 Å². The van der Waals surface area contributed by atoms with Gasteiger partial charge in [-0.1, -0.05) is 79.8 Å². The molecular formula is C34H38ClN5O2S2. The summed E-state index contributed by atoms with van der Waals surface area (Å²) >= 11 is 3.55. The number of carbonyl (C=O) groups excluding carboxylic acids is 1. The van der Waals surface area contributed by atoms with Crippen LogP contribution in [0.5, 0.6) is 0 Å². The molecule has 6 rings (SSSR count). The number of hydrogen-bond donors (Lipinski definition) is 2. The van der Waals surface area contributed by atoms with Crippen molar-refractivity contribution in [3.63, 3.8) is 0 Å². The van der Waals surface area contributed by atoms with Gasteiger partial charge in [0.2, 0.25) is 5.95 Å². The number of anilines is 3. The minimum absolute atomic E-state index is 0. The van der Waals surface area contributed by atoms with Gasteiger partial charge in [0.05, 0.1) is 29.5 Å². The number of likely N-dealkylation sites (N-methyl/N-ethyl adjacent to an activating group) is 1. The Kier molecular flexibility index (Phi) is 12.0. The Labute approximate surface area is 274 Å². The maximum atomic E-state index is 11.2. The van der Waals surface area contributed by atoms with Gasteiger partial charge < -0.3 is 14.6 Å². The third-order valence-corrected chi connectivity index (χ3v) is 9.38. The molecule has 4 aromatic carbocycles. The molecule has 0 saturated heterocycles. The molecule has 1 aromatic heterocycles. The van der Waals surface area contributed by atoms with E-state index in [1.54, 1.807) is 11.8 Å². The van der Waals surface area contributed by atoms with Crippen LogP contribution in [0.25, 0.3) is 11.0 Å². The monoisotopic (exact) mass is 647 g/mol. The Morgan fingerprint density at radius 1 is 0.932 bits per heavy atom. The van der Waals surface area contributed by atoms with E-state index in [0.717, 1.165) is 35.6 Å². The molecule has 2 heterocycles. The zero-order valence-corrected chi connectivity index (χ0v) is 27.8. The molecule has 1 unspecified atom stereocenters. The molecule has 2 N–H and O–H groups in total. The fraction of sp³-hybridized carbons (Fsp3) is 0.235. The van der Waals surface area contributed by atoms with Crippen LogP contribution in [0.3, 0.4) is 0 Å². The van der Waals surface area contributed by atoms with Crippen molar-refractivity contribution in [1.82, 2.24) is 14.9 Å². The summed E-state index contributed by atoms with van der Waals surface area (Å²) in [4.78, 5) is 28.5. The van der Waals surface area contributed by atoms with Crippen LogP contribution in [0.15, 0.2) is 117 Å². The second-order valence-corrected chi connectivity index (χ2v) is 12.2. The lowest BCUT2D eigenvalue weighted by atomic mass is 10.1. The van der Waals surface area contributed by atoms with E-state index in [1.807, 2.05) is 48.2 Å². The summed E-state index contributed by atoms with van der Waals surface area (Å²) in [6.45, 7) is 10.0. The maximum absolute atomic E-state index is 11.2. The lowest BCUT2D eigenvalue weighted by Gasteiger charge is -2.37. The summed E-state index contributed by atoms with van der Waals surface area (Å²) < 4.78 is 4.54. The summed E-state index contributed by atoms with van der Waals surface area (Å²) in [5.41, 5.74) is 4.33. The molecule has 0 spiro atoms. The normalized spacial score (nSPS) is 12.3. The molecule has 1 amide bonds. The van der Waals surface area contributed by atoms with E-state index in [-0.39, 0.29) is 12.4 Å². The summed E-state index contributed by atoms with van der Waals surface area (Å²) in [6.07, 6.45) is -0.548. The number of amides is 1. The highest BCUT2D eigenvalue weighted by Crippen LogP contribution is 2.47. The maximum Gasteiger partial charge on any atom is 0.413 e. The first kappa shape index (κ1) is 33.3. The van der Waals surface area contributed by atoms with E-state index < -0.39 is 6.09 Å². The van der Waals surface area contributed by atoms with Crippen molar-refractivity contribution in [2.45, 2.75) is 46.4 Å². The van der Waals surface area contributed by atoms with Crippen LogP contribution in [0.4, 0.5) is 22.1 Å². The van der Waals surface area contributed by atoms with Gasteiger partial charge in [0, 0.05) is 32.2 Å². The average Bonchev–Trinajstić information content (AvgIpc) is 3.43. The number of methoxy groups -OCH3 is 1. The van der Waals surface area contributed by atoms with Gasteiger partial charge in [-0.05, 0) is 74.6 Å². The number of carbonyl (C=O) groups is 1. The van der Waals surface area contributed by atoms with Crippen molar-refractivity contribution in [3.05, 3.63) is 97.1 Å². The predicted molar refractivity (Wildman–Crippen MR) is 186 cm³/mol. The second-order valence-electron chi connectivity index (χ2n) is 10.0. The van der Waals surface area contributed by atoms with E-state index >= 15 is 0 Å². The first-order chi connectivity index (χ1) is 21.0. The summed E-state index contributed by atoms with van der Waals surface area (Å²) in [7, 11) is 1.31. The topological polar surface area (TPSA) is 73.5 Å². The number of para-hydroxylation sites is 2. The molecule has 7 nitrogen and oxygen atoms in total. The van der Waals surface area contributed by atoms with Crippen molar-refractivity contribution < 1.29 is 9.53 Å². The molecule has 1 atom stereocenters. The first-order valence-electron chi connectivity index (χ1n) is 14.4. The molecule has 0 saturated carbocycles. The van der Waals surface area contributed by atoms with Gasteiger partial charge in [0.15, 0.2) is 0 Å². The molecule has 1 aliphatic rings. The van der Waals surface area contributed by atoms with E-state index in [0.29, 0.717) is 12.0 Å². The first-order valence-corrected chi connectivity index (χ1v) is 16.1. The SMILES string of the molecule is CCN(CC)C(C)CN1c2ccccc2Sc2ccccc21.COC(=O)Nc1nc2ccc(Sc3ccccc3)cc2[nH]1.Cl. The van der Waals surface area contributed by atoms with Gasteiger partial charge in [-0.3, -0.25) is 10.2 Å². The molecule has 0 bridgehead atoms. The average molecular weight is 648 g/mol. The summed E-state index contributed by atoms with van der Waals surface area (Å²) in [5, 5.41) is 2.52. The molecular weight excluding hydrogens is 610 g/mol. The molecule has 1 aliphatic heterocycles. The zero-order valence-electron chi connectivity index (χ0n) is 25.3. The van der Waals surface area contributed by atoms with Crippen molar-refractivity contribution >= 4 is 70.4 Å². The number of nitrogens with one attached hydrogen (secondary N) is 2. The van der Waals surface area contributed by atoms with Crippen LogP contribution in [0.1, 0.15) is 20.8 Å². The van der Waals surface area contributed by atoms with Gasteiger partial charge in [0.1, 0.15) is 0 Å². The Morgan fingerprint density at radius 3 is 2.16 bits per heavy atom. The molecule has 44 heavy (non-hydrogen) atoms. The molecule has 0 aliphatic carbocycles. The standard InChI is InChI=1S/C19H24N2S.C15H13N3O2S.ClH/c1-4-20(5-2)15(3)14-21-16-10-6-8-12-18(16)22-19-13-9-7-11-17(19)21;1-20-15(19)18-14-16-12-8-7-11(9-13(12)17-14)21-10-5-3-2-4-6-10;/h6-13,15H,4-5,14H2,1-3H3;2-9H,1H3,(H2,16,17,18,19);1H. The highest BCUT2D eigenvalue weighted by Gasteiger charge is 2.25. The third kappa shape index (κ3) is 8.09. The number of aromatic amines is 1. The van der Waals surface area contributed by atoms with Gasteiger partial charge >= 0.3 is 6.09 Å². The van der Waals surface area contributed by atoms with Crippen molar-refractivity contribution in [1.29, 1.82) is 0 Å². The largest absolute Gasteiger partial charge is 0.453 e. The number of aromatic nitrogens is 2. The zero-order chi connectivity index (χ0) is 30.2. The van der Waals surface area contributed by atoms with E-state index in [9.17, 15) is 4.79 Å². The van der Waals surface area contributed by atoms with Gasteiger partial charge in [-0.25, -0.2) is 9.78 Å². The van der Waals surface area contributed by atoms with Crippen LogP contribution in [-0.4, -0.2) is 53.7 Å². The Hall–Kier alpha value is -3.63. The minimum atomic E-state index is -0.548. The Bertz CT molecular complexity index is 1620. The molecule has 5 aromatic rings. The number of imidazole rings is 1. The fourth-order valence-corrected chi connectivity index (χ4v) is 7.06. The van der Waals surface area contributed by atoms with E-state index in [2.05, 4.69) is 111 Å². The number of rotatable bonds is 8. The van der Waals surface area contributed by atoms with Crippen molar-refractivity contribution in [2.75, 3.05) is 37.0 Å². The van der Waals surface area contributed by atoms with E-state index in [1.165, 1.54) is 33.2 Å². The number of hydrogen-bond acceptors (Lipinski definition) is 7. The van der Waals surface area contributed by atoms with Crippen molar-refractivity contribution in [3.8, 4) is 0 Å².